The molecule has 2 aromatic heterocycles. The predicted octanol–water partition coefficient (Wildman–Crippen LogP) is 1.73. The van der Waals surface area contributed by atoms with E-state index in [1.165, 1.54) is 6.07 Å². The van der Waals surface area contributed by atoms with Gasteiger partial charge in [-0.2, -0.15) is 8.78 Å². The van der Waals surface area contributed by atoms with Crippen molar-refractivity contribution in [2.24, 2.45) is 0 Å². The van der Waals surface area contributed by atoms with Crippen LogP contribution in [0.5, 0.6) is 5.88 Å². The van der Waals surface area contributed by atoms with Gasteiger partial charge in [0, 0.05) is 19.2 Å². The van der Waals surface area contributed by atoms with E-state index in [-0.39, 0.29) is 5.88 Å². The molecule has 3 heterocycles. The van der Waals surface area contributed by atoms with E-state index in [1.807, 2.05) is 7.05 Å². The van der Waals surface area contributed by atoms with Crippen molar-refractivity contribution < 1.29 is 13.5 Å². The lowest BCUT2D eigenvalue weighted by Crippen LogP contribution is -2.41. The lowest BCUT2D eigenvalue weighted by atomic mass is 10.1. The molecule has 0 atom stereocenters. The molecule has 0 aromatic carbocycles. The van der Waals surface area contributed by atoms with Crippen molar-refractivity contribution in [1.82, 2.24) is 25.5 Å². The number of rotatable bonds is 6. The van der Waals surface area contributed by atoms with Crippen LogP contribution in [0.1, 0.15) is 12.8 Å². The summed E-state index contributed by atoms with van der Waals surface area (Å²) in [7, 11) is 1.99. The molecule has 10 heteroatoms. The van der Waals surface area contributed by atoms with Crippen LogP contribution in [-0.2, 0) is 0 Å². The Hall–Kier alpha value is -2.49. The Morgan fingerprint density at radius 3 is 2.88 bits per heavy atom. The third-order valence-electron chi connectivity index (χ3n) is 3.87. The van der Waals surface area contributed by atoms with Gasteiger partial charge in [-0.3, -0.25) is 10.1 Å². The van der Waals surface area contributed by atoms with Crippen LogP contribution in [0.25, 0.3) is 0 Å². The van der Waals surface area contributed by atoms with Gasteiger partial charge in [0.05, 0.1) is 12.4 Å². The Morgan fingerprint density at radius 1 is 1.33 bits per heavy atom. The Morgan fingerprint density at radius 2 is 2.12 bits per heavy atom. The van der Waals surface area contributed by atoms with Gasteiger partial charge in [0.15, 0.2) is 5.82 Å². The van der Waals surface area contributed by atoms with Crippen LogP contribution < -0.4 is 20.3 Å². The van der Waals surface area contributed by atoms with E-state index in [0.717, 1.165) is 31.7 Å². The molecule has 2 aromatic rings. The summed E-state index contributed by atoms with van der Waals surface area (Å²) >= 11 is 0. The molecule has 0 amide bonds. The number of hydrogen-bond donors (Lipinski definition) is 3. The van der Waals surface area contributed by atoms with Crippen molar-refractivity contribution in [2.75, 3.05) is 30.4 Å². The third-order valence-corrected chi connectivity index (χ3v) is 3.87. The maximum absolute atomic E-state index is 12.1. The molecule has 0 radical (unpaired) electrons. The summed E-state index contributed by atoms with van der Waals surface area (Å²) in [6, 6.07) is 1.74. The number of nitrogens with zero attached hydrogens (tertiary/aromatic N) is 4. The Bertz CT molecular complexity index is 660. The highest BCUT2D eigenvalue weighted by atomic mass is 19.3. The fraction of sp³-hybridized carbons (Fsp3) is 0.500. The molecule has 3 rings (SSSR count). The zero-order chi connectivity index (χ0) is 16.9. The van der Waals surface area contributed by atoms with E-state index >= 15 is 0 Å². The molecular formula is C14H19F2N7O. The zero-order valence-electron chi connectivity index (χ0n) is 13.2. The van der Waals surface area contributed by atoms with Gasteiger partial charge in [-0.05, 0) is 25.9 Å². The van der Waals surface area contributed by atoms with E-state index in [0.29, 0.717) is 17.7 Å². The smallest absolute Gasteiger partial charge is 0.388 e. The minimum atomic E-state index is -2.91. The predicted molar refractivity (Wildman–Crippen MR) is 84.8 cm³/mol. The SMILES string of the molecule is CN(c1cncc(Nc2cc(OC(F)F)n[nH]2)n1)C1CCNCC1. The van der Waals surface area contributed by atoms with Gasteiger partial charge in [-0.25, -0.2) is 4.98 Å². The second kappa shape index (κ2) is 7.39. The molecule has 8 nitrogen and oxygen atoms in total. The first-order chi connectivity index (χ1) is 11.6. The van der Waals surface area contributed by atoms with Crippen molar-refractivity contribution >= 4 is 17.5 Å². The average Bonchev–Trinajstić information content (AvgIpc) is 3.01. The zero-order valence-corrected chi connectivity index (χ0v) is 13.2. The van der Waals surface area contributed by atoms with Crippen LogP contribution in [0.3, 0.4) is 0 Å². The van der Waals surface area contributed by atoms with Crippen LogP contribution in [0, 0.1) is 0 Å². The molecule has 3 N–H and O–H groups in total. The van der Waals surface area contributed by atoms with Gasteiger partial charge in [0.2, 0.25) is 5.88 Å². The summed E-state index contributed by atoms with van der Waals surface area (Å²) in [5, 5.41) is 12.5. The van der Waals surface area contributed by atoms with Crippen LogP contribution in [-0.4, -0.2) is 53.0 Å². The van der Waals surface area contributed by atoms with Crippen molar-refractivity contribution in [1.29, 1.82) is 0 Å². The van der Waals surface area contributed by atoms with Crippen LogP contribution in [0.4, 0.5) is 26.2 Å². The molecular weight excluding hydrogens is 320 g/mol. The molecule has 24 heavy (non-hydrogen) atoms. The molecule has 0 bridgehead atoms. The van der Waals surface area contributed by atoms with Crippen molar-refractivity contribution in [2.45, 2.75) is 25.5 Å². The fourth-order valence-electron chi connectivity index (χ4n) is 2.62. The summed E-state index contributed by atoms with van der Waals surface area (Å²) in [5.41, 5.74) is 0. The van der Waals surface area contributed by atoms with Crippen LogP contribution >= 0.6 is 0 Å². The molecule has 130 valence electrons. The monoisotopic (exact) mass is 339 g/mol. The number of hydrogen-bond acceptors (Lipinski definition) is 7. The molecule has 0 spiro atoms. The largest absolute Gasteiger partial charge is 0.415 e. The van der Waals surface area contributed by atoms with Gasteiger partial charge in [0.25, 0.3) is 0 Å². The highest BCUT2D eigenvalue weighted by molar-refractivity contribution is 5.54. The summed E-state index contributed by atoms with van der Waals surface area (Å²) < 4.78 is 28.5. The van der Waals surface area contributed by atoms with Gasteiger partial charge in [-0.15, -0.1) is 5.10 Å². The summed E-state index contributed by atoms with van der Waals surface area (Å²) in [6.07, 6.45) is 5.34. The minimum Gasteiger partial charge on any atom is -0.415 e. The van der Waals surface area contributed by atoms with E-state index in [1.54, 1.807) is 12.4 Å². The number of aromatic nitrogens is 4. The molecule has 1 aliphatic heterocycles. The summed E-state index contributed by atoms with van der Waals surface area (Å²) in [5.74, 6) is 1.43. The van der Waals surface area contributed by atoms with Gasteiger partial charge >= 0.3 is 6.61 Å². The van der Waals surface area contributed by atoms with Crippen LogP contribution in [0.2, 0.25) is 0 Å². The standard InChI is InChI=1S/C14H19F2N7O/c1-23(9-2-4-17-5-3-9)12-8-18-7-11(20-12)19-10-6-13(22-21-10)24-14(15)16/h6-9,14,17H,2-5H2,1H3,(H2,19,20,21,22). The van der Waals surface area contributed by atoms with E-state index in [9.17, 15) is 8.78 Å². The topological polar surface area (TPSA) is 91.0 Å². The number of H-pyrrole nitrogens is 1. The number of ether oxygens (including phenoxy) is 1. The Kier molecular flexibility index (Phi) is 5.04. The van der Waals surface area contributed by atoms with Crippen molar-refractivity contribution in [3.8, 4) is 5.88 Å². The molecule has 0 unspecified atom stereocenters. The summed E-state index contributed by atoms with van der Waals surface area (Å²) in [6.45, 7) is -0.939. The average molecular weight is 339 g/mol. The third kappa shape index (κ3) is 4.07. The quantitative estimate of drug-likeness (QED) is 0.738. The number of halogens is 2. The first kappa shape index (κ1) is 16.4. The van der Waals surface area contributed by atoms with Gasteiger partial charge < -0.3 is 20.3 Å². The Balaban J connectivity index is 1.67. The normalized spacial score (nSPS) is 15.5. The number of piperidine rings is 1. The maximum atomic E-state index is 12.1. The highest BCUT2D eigenvalue weighted by Crippen LogP contribution is 2.21. The molecule has 1 aliphatic rings. The second-order valence-electron chi connectivity index (χ2n) is 5.48. The highest BCUT2D eigenvalue weighted by Gasteiger charge is 2.19. The number of alkyl halides is 2. The fourth-order valence-corrected chi connectivity index (χ4v) is 2.62. The Labute approximate surface area is 137 Å². The van der Waals surface area contributed by atoms with E-state index in [4.69, 9.17) is 0 Å². The number of anilines is 3. The van der Waals surface area contributed by atoms with Crippen molar-refractivity contribution in [3.63, 3.8) is 0 Å². The molecule has 0 aliphatic carbocycles. The van der Waals surface area contributed by atoms with E-state index in [2.05, 4.69) is 40.4 Å². The summed E-state index contributed by atoms with van der Waals surface area (Å²) in [4.78, 5) is 10.8. The maximum Gasteiger partial charge on any atom is 0.388 e. The number of nitrogens with one attached hydrogen (secondary N) is 3. The van der Waals surface area contributed by atoms with E-state index < -0.39 is 6.61 Å². The first-order valence-electron chi connectivity index (χ1n) is 7.64. The second-order valence-corrected chi connectivity index (χ2v) is 5.48. The first-order valence-corrected chi connectivity index (χ1v) is 7.64. The minimum absolute atomic E-state index is 0.191. The number of aromatic amines is 1. The van der Waals surface area contributed by atoms with Crippen molar-refractivity contribution in [3.05, 3.63) is 18.5 Å². The molecule has 0 saturated carbocycles. The lowest BCUT2D eigenvalue weighted by molar-refractivity contribution is -0.0528. The van der Waals surface area contributed by atoms with Gasteiger partial charge in [0.1, 0.15) is 11.6 Å². The van der Waals surface area contributed by atoms with Crippen LogP contribution in [0.15, 0.2) is 18.5 Å². The van der Waals surface area contributed by atoms with Gasteiger partial charge in [-0.1, -0.05) is 0 Å². The molecule has 1 saturated heterocycles. The molecule has 1 fully saturated rings. The lowest BCUT2D eigenvalue weighted by Gasteiger charge is -2.32.